The van der Waals surface area contributed by atoms with Gasteiger partial charge in [0.15, 0.2) is 4.73 Å². The highest BCUT2D eigenvalue weighted by molar-refractivity contribution is 9.10. The predicted octanol–water partition coefficient (Wildman–Crippen LogP) is 3.08. The Morgan fingerprint density at radius 3 is 2.82 bits per heavy atom. The summed E-state index contributed by atoms with van der Waals surface area (Å²) in [5.74, 6) is 0. The van der Waals surface area contributed by atoms with Crippen LogP contribution in [0, 0.1) is 0 Å². The lowest BCUT2D eigenvalue weighted by Gasteiger charge is -2.25. The molecule has 90 valence electrons. The molecule has 3 heterocycles. The molecule has 0 atom stereocenters. The summed E-state index contributed by atoms with van der Waals surface area (Å²) in [5.41, 5.74) is 2.39. The normalized spacial score (nSPS) is 17.7. The summed E-state index contributed by atoms with van der Waals surface area (Å²) >= 11 is 3.52. The topological polar surface area (TPSA) is 20.5 Å². The van der Waals surface area contributed by atoms with E-state index in [9.17, 15) is 0 Å². The molecule has 0 N–H and O–H groups in total. The Kier molecular flexibility index (Phi) is 3.16. The van der Waals surface area contributed by atoms with Crippen LogP contribution < -0.4 is 0 Å². The number of likely N-dealkylation sites (tertiary alicyclic amines) is 1. The van der Waals surface area contributed by atoms with Crippen molar-refractivity contribution in [3.8, 4) is 0 Å². The van der Waals surface area contributed by atoms with Crippen LogP contribution in [0.4, 0.5) is 0 Å². The van der Waals surface area contributed by atoms with Gasteiger partial charge in [-0.3, -0.25) is 9.30 Å². The Bertz CT molecular complexity index is 514. The molecule has 4 heteroatoms. The van der Waals surface area contributed by atoms with Gasteiger partial charge in [0.05, 0.1) is 11.2 Å². The summed E-state index contributed by atoms with van der Waals surface area (Å²) in [6.07, 6.45) is 6.08. The highest BCUT2D eigenvalue weighted by atomic mass is 79.9. The highest BCUT2D eigenvalue weighted by Crippen LogP contribution is 2.20. The van der Waals surface area contributed by atoms with Gasteiger partial charge in [0, 0.05) is 12.7 Å². The number of piperidine rings is 1. The zero-order valence-corrected chi connectivity index (χ0v) is 11.4. The van der Waals surface area contributed by atoms with E-state index in [1.165, 1.54) is 43.6 Å². The number of fused-ring (bicyclic) bond motifs is 1. The third kappa shape index (κ3) is 2.24. The summed E-state index contributed by atoms with van der Waals surface area (Å²) in [5, 5.41) is 0. The highest BCUT2D eigenvalue weighted by Gasteiger charge is 2.14. The Morgan fingerprint density at radius 2 is 2.00 bits per heavy atom. The van der Waals surface area contributed by atoms with Crippen molar-refractivity contribution in [2.45, 2.75) is 25.8 Å². The standard InChI is InChI=1S/C13H16BrN3/c14-13-15-11(10-16-7-3-1-4-8-16)12-6-2-5-9-17(12)13/h2,5-6,9H,1,3-4,7-8,10H2. The molecule has 1 aliphatic rings. The van der Waals surface area contributed by atoms with Gasteiger partial charge < -0.3 is 0 Å². The monoisotopic (exact) mass is 293 g/mol. The molecule has 0 radical (unpaired) electrons. The first-order valence-corrected chi connectivity index (χ1v) is 6.98. The van der Waals surface area contributed by atoms with Gasteiger partial charge >= 0.3 is 0 Å². The number of nitrogens with zero attached hydrogens (tertiary/aromatic N) is 3. The van der Waals surface area contributed by atoms with Crippen LogP contribution in [0.1, 0.15) is 25.0 Å². The maximum Gasteiger partial charge on any atom is 0.182 e. The molecule has 1 aliphatic heterocycles. The molecule has 2 aromatic rings. The first-order chi connectivity index (χ1) is 8.34. The number of hydrogen-bond acceptors (Lipinski definition) is 2. The number of halogens is 1. The van der Waals surface area contributed by atoms with Gasteiger partial charge in [0.2, 0.25) is 0 Å². The van der Waals surface area contributed by atoms with Crippen LogP contribution in [0.5, 0.6) is 0 Å². The lowest BCUT2D eigenvalue weighted by atomic mass is 10.1. The molecule has 0 aliphatic carbocycles. The van der Waals surface area contributed by atoms with E-state index in [-0.39, 0.29) is 0 Å². The quantitative estimate of drug-likeness (QED) is 0.848. The molecular weight excluding hydrogens is 278 g/mol. The largest absolute Gasteiger partial charge is 0.297 e. The van der Waals surface area contributed by atoms with Crippen molar-refractivity contribution in [3.05, 3.63) is 34.8 Å². The van der Waals surface area contributed by atoms with Crippen LogP contribution in [-0.4, -0.2) is 27.4 Å². The smallest absolute Gasteiger partial charge is 0.182 e. The molecular formula is C13H16BrN3. The third-order valence-corrected chi connectivity index (χ3v) is 3.96. The Hall–Kier alpha value is -0.870. The van der Waals surface area contributed by atoms with Crippen molar-refractivity contribution in [1.29, 1.82) is 0 Å². The van der Waals surface area contributed by atoms with E-state index in [2.05, 4.69) is 42.3 Å². The van der Waals surface area contributed by atoms with Crippen molar-refractivity contribution in [2.24, 2.45) is 0 Å². The first kappa shape index (κ1) is 11.2. The first-order valence-electron chi connectivity index (χ1n) is 6.18. The summed E-state index contributed by atoms with van der Waals surface area (Å²) in [6.45, 7) is 3.39. The van der Waals surface area contributed by atoms with Crippen LogP contribution in [0.15, 0.2) is 29.1 Å². The Labute approximate surface area is 110 Å². The van der Waals surface area contributed by atoms with Gasteiger partial charge in [0.25, 0.3) is 0 Å². The van der Waals surface area contributed by atoms with Crippen molar-refractivity contribution in [1.82, 2.24) is 14.3 Å². The minimum atomic E-state index is 0.903. The second-order valence-corrected chi connectivity index (χ2v) is 5.33. The maximum atomic E-state index is 4.62. The van der Waals surface area contributed by atoms with Crippen LogP contribution in [0.3, 0.4) is 0 Å². The molecule has 1 fully saturated rings. The zero-order valence-electron chi connectivity index (χ0n) is 9.77. The van der Waals surface area contributed by atoms with Crippen molar-refractivity contribution < 1.29 is 0 Å². The fraction of sp³-hybridized carbons (Fsp3) is 0.462. The van der Waals surface area contributed by atoms with Gasteiger partial charge in [-0.05, 0) is 54.0 Å². The van der Waals surface area contributed by atoms with Crippen LogP contribution in [0.25, 0.3) is 5.52 Å². The molecule has 2 aromatic heterocycles. The lowest BCUT2D eigenvalue weighted by Crippen LogP contribution is -2.29. The number of aromatic nitrogens is 2. The molecule has 0 saturated carbocycles. The van der Waals surface area contributed by atoms with Crippen LogP contribution >= 0.6 is 15.9 Å². The Balaban J connectivity index is 1.89. The summed E-state index contributed by atoms with van der Waals surface area (Å²) in [7, 11) is 0. The third-order valence-electron chi connectivity index (χ3n) is 3.40. The lowest BCUT2D eigenvalue weighted by molar-refractivity contribution is 0.219. The minimum absolute atomic E-state index is 0.903. The van der Waals surface area contributed by atoms with Crippen molar-refractivity contribution in [2.75, 3.05) is 13.1 Å². The van der Waals surface area contributed by atoms with Gasteiger partial charge in [-0.25, -0.2) is 4.98 Å². The van der Waals surface area contributed by atoms with E-state index in [4.69, 9.17) is 0 Å². The van der Waals surface area contributed by atoms with Crippen LogP contribution in [0.2, 0.25) is 0 Å². The number of rotatable bonds is 2. The number of hydrogen-bond donors (Lipinski definition) is 0. The fourth-order valence-corrected chi connectivity index (χ4v) is 3.03. The van der Waals surface area contributed by atoms with Crippen molar-refractivity contribution >= 4 is 21.4 Å². The van der Waals surface area contributed by atoms with E-state index in [1.54, 1.807) is 0 Å². The van der Waals surface area contributed by atoms with E-state index in [0.29, 0.717) is 0 Å². The van der Waals surface area contributed by atoms with E-state index in [1.807, 2.05) is 12.3 Å². The van der Waals surface area contributed by atoms with Gasteiger partial charge in [-0.1, -0.05) is 12.5 Å². The van der Waals surface area contributed by atoms with Gasteiger partial charge in [-0.2, -0.15) is 0 Å². The van der Waals surface area contributed by atoms with Crippen LogP contribution in [-0.2, 0) is 6.54 Å². The van der Waals surface area contributed by atoms with E-state index >= 15 is 0 Å². The second-order valence-electron chi connectivity index (χ2n) is 4.62. The summed E-state index contributed by atoms with van der Waals surface area (Å²) < 4.78 is 3.00. The van der Waals surface area contributed by atoms with Gasteiger partial charge in [-0.15, -0.1) is 0 Å². The Morgan fingerprint density at radius 1 is 1.18 bits per heavy atom. The number of pyridine rings is 1. The summed E-state index contributed by atoms with van der Waals surface area (Å²) in [4.78, 5) is 7.13. The predicted molar refractivity (Wildman–Crippen MR) is 72.0 cm³/mol. The minimum Gasteiger partial charge on any atom is -0.297 e. The second kappa shape index (κ2) is 4.78. The number of imidazole rings is 1. The van der Waals surface area contributed by atoms with Crippen molar-refractivity contribution in [3.63, 3.8) is 0 Å². The molecule has 0 bridgehead atoms. The maximum absolute atomic E-state index is 4.62. The van der Waals surface area contributed by atoms with Gasteiger partial charge in [0.1, 0.15) is 0 Å². The molecule has 0 spiro atoms. The SMILES string of the molecule is Brc1nc(CN2CCCCC2)c2ccccn12. The molecule has 3 nitrogen and oxygen atoms in total. The average Bonchev–Trinajstić information content (AvgIpc) is 2.69. The fourth-order valence-electron chi connectivity index (χ4n) is 2.51. The summed E-state index contributed by atoms with van der Waals surface area (Å²) in [6, 6.07) is 6.24. The molecule has 0 unspecified atom stereocenters. The zero-order chi connectivity index (χ0) is 11.7. The molecule has 0 aromatic carbocycles. The molecule has 17 heavy (non-hydrogen) atoms. The average molecular weight is 294 g/mol. The molecule has 0 amide bonds. The molecule has 3 rings (SSSR count). The van der Waals surface area contributed by atoms with E-state index < -0.39 is 0 Å². The molecule has 1 saturated heterocycles. The van der Waals surface area contributed by atoms with E-state index in [0.717, 1.165) is 11.3 Å².